The van der Waals surface area contributed by atoms with Crippen molar-refractivity contribution in [3.63, 3.8) is 0 Å². The van der Waals surface area contributed by atoms with Crippen LogP contribution in [0.2, 0.25) is 0 Å². The van der Waals surface area contributed by atoms with Gasteiger partial charge in [0.25, 0.3) is 10.0 Å². The first-order valence-corrected chi connectivity index (χ1v) is 11.0. The Hall–Kier alpha value is -2.16. The minimum absolute atomic E-state index is 0.167. The highest BCUT2D eigenvalue weighted by atomic mass is 32.2. The molecule has 0 saturated heterocycles. The van der Waals surface area contributed by atoms with Gasteiger partial charge >= 0.3 is 0 Å². The maximum Gasteiger partial charge on any atom is 0.257 e. The quantitative estimate of drug-likeness (QED) is 0.783. The van der Waals surface area contributed by atoms with E-state index >= 15 is 0 Å². The smallest absolute Gasteiger partial charge is 0.257 e. The third-order valence-electron chi connectivity index (χ3n) is 4.22. The van der Waals surface area contributed by atoms with Crippen LogP contribution in [0.4, 0.5) is 5.69 Å². The van der Waals surface area contributed by atoms with Crippen molar-refractivity contribution in [3.05, 3.63) is 65.1 Å². The van der Waals surface area contributed by atoms with E-state index in [1.165, 1.54) is 29.9 Å². The molecule has 8 heteroatoms. The van der Waals surface area contributed by atoms with Crippen molar-refractivity contribution in [1.29, 1.82) is 0 Å². The van der Waals surface area contributed by atoms with Gasteiger partial charge < -0.3 is 0 Å². The molecule has 3 rings (SSSR count). The molecule has 0 atom stereocenters. The molecule has 1 heterocycles. The molecule has 2 aromatic rings. The van der Waals surface area contributed by atoms with E-state index in [9.17, 15) is 16.8 Å². The van der Waals surface area contributed by atoms with Gasteiger partial charge in [-0.05, 0) is 41.8 Å². The van der Waals surface area contributed by atoms with Gasteiger partial charge in [-0.25, -0.2) is 21.1 Å². The van der Waals surface area contributed by atoms with Crippen molar-refractivity contribution >= 4 is 31.8 Å². The average molecular weight is 393 g/mol. The van der Waals surface area contributed by atoms with Gasteiger partial charge in [0.05, 0.1) is 16.0 Å². The predicted octanol–water partition coefficient (Wildman–Crippen LogP) is 2.30. The van der Waals surface area contributed by atoms with Crippen LogP contribution in [-0.4, -0.2) is 41.8 Å². The number of benzene rings is 2. The van der Waals surface area contributed by atoms with Crippen LogP contribution in [0.1, 0.15) is 11.1 Å². The topological polar surface area (TPSA) is 74.8 Å². The van der Waals surface area contributed by atoms with Crippen LogP contribution < -0.4 is 4.31 Å². The van der Waals surface area contributed by atoms with E-state index < -0.39 is 20.0 Å². The molecule has 0 spiro atoms. The molecule has 0 saturated carbocycles. The van der Waals surface area contributed by atoms with Gasteiger partial charge in [-0.15, -0.1) is 0 Å². The molecule has 6 nitrogen and oxygen atoms in total. The summed E-state index contributed by atoms with van der Waals surface area (Å²) in [4.78, 5) is 0.167. The maximum absolute atomic E-state index is 12.7. The fraction of sp³-hybridized carbons (Fsp3) is 0.222. The van der Waals surface area contributed by atoms with Gasteiger partial charge in [-0.1, -0.05) is 30.3 Å². The summed E-state index contributed by atoms with van der Waals surface area (Å²) in [7, 11) is -4.26. The number of nitrogens with zero attached hydrogens (tertiary/aromatic N) is 2. The first-order chi connectivity index (χ1) is 12.2. The summed E-state index contributed by atoms with van der Waals surface area (Å²) in [5.41, 5.74) is 2.04. The van der Waals surface area contributed by atoms with Crippen LogP contribution in [0.15, 0.2) is 58.8 Å². The normalized spacial score (nSPS) is 15.0. The number of fused-ring (bicyclic) bond motifs is 1. The Morgan fingerprint density at radius 2 is 1.69 bits per heavy atom. The van der Waals surface area contributed by atoms with Crippen molar-refractivity contribution in [1.82, 2.24) is 4.31 Å². The van der Waals surface area contributed by atoms with Gasteiger partial charge in [0.1, 0.15) is 0 Å². The van der Waals surface area contributed by atoms with E-state index in [4.69, 9.17) is 0 Å². The van der Waals surface area contributed by atoms with E-state index in [0.29, 0.717) is 24.2 Å². The summed E-state index contributed by atoms with van der Waals surface area (Å²) in [6, 6.07) is 13.7. The Kier molecular flexibility index (Phi) is 4.92. The fourth-order valence-electron chi connectivity index (χ4n) is 2.79. The summed E-state index contributed by atoms with van der Waals surface area (Å²) >= 11 is 0. The molecule has 2 aromatic carbocycles. The summed E-state index contributed by atoms with van der Waals surface area (Å²) in [5, 5.41) is 1.18. The van der Waals surface area contributed by atoms with Crippen molar-refractivity contribution in [2.75, 3.05) is 24.9 Å². The van der Waals surface area contributed by atoms with E-state index in [1.807, 2.05) is 30.3 Å². The predicted molar refractivity (Wildman–Crippen MR) is 103 cm³/mol. The minimum atomic E-state index is -3.64. The SMILES string of the molecule is CN(C)S(=O)(=O)c1ccc2c(c1)CCN2S(=O)(=O)C=Cc1ccccc1. The summed E-state index contributed by atoms with van der Waals surface area (Å²) < 4.78 is 52.3. The molecule has 1 aliphatic heterocycles. The second kappa shape index (κ2) is 6.86. The fourth-order valence-corrected chi connectivity index (χ4v) is 5.01. The zero-order chi connectivity index (χ0) is 18.9. The maximum atomic E-state index is 12.7. The third-order valence-corrected chi connectivity index (χ3v) is 7.51. The third kappa shape index (κ3) is 3.53. The van der Waals surface area contributed by atoms with Gasteiger partial charge in [0.2, 0.25) is 10.0 Å². The second-order valence-corrected chi connectivity index (χ2v) is 10.1. The van der Waals surface area contributed by atoms with Crippen molar-refractivity contribution in [3.8, 4) is 0 Å². The van der Waals surface area contributed by atoms with Crippen molar-refractivity contribution < 1.29 is 16.8 Å². The molecule has 0 amide bonds. The Balaban J connectivity index is 1.91. The second-order valence-electron chi connectivity index (χ2n) is 6.16. The molecule has 26 heavy (non-hydrogen) atoms. The molecule has 138 valence electrons. The largest absolute Gasteiger partial charge is 0.266 e. The molecule has 0 aromatic heterocycles. The summed E-state index contributed by atoms with van der Waals surface area (Å²) in [6.07, 6.45) is 2.03. The Morgan fingerprint density at radius 3 is 2.35 bits per heavy atom. The molecule has 0 unspecified atom stereocenters. The number of anilines is 1. The standard InChI is InChI=1S/C18H20N2O4S2/c1-19(2)26(23,24)17-8-9-18-16(14-17)10-12-20(18)25(21,22)13-11-15-6-4-3-5-7-15/h3-9,11,13-14H,10,12H2,1-2H3. The summed E-state index contributed by atoms with van der Waals surface area (Å²) in [5.74, 6) is 0. The van der Waals surface area contributed by atoms with Crippen LogP contribution in [0.3, 0.4) is 0 Å². The monoisotopic (exact) mass is 392 g/mol. The van der Waals surface area contributed by atoms with E-state index in [1.54, 1.807) is 18.2 Å². The number of rotatable bonds is 5. The molecular weight excluding hydrogens is 372 g/mol. The van der Waals surface area contributed by atoms with Crippen molar-refractivity contribution in [2.24, 2.45) is 0 Å². The Bertz CT molecular complexity index is 1040. The molecule has 0 N–H and O–H groups in total. The van der Waals surface area contributed by atoms with Crippen LogP contribution in [0.5, 0.6) is 0 Å². The molecule has 0 aliphatic carbocycles. The molecule has 0 fully saturated rings. The average Bonchev–Trinajstić information content (AvgIpc) is 3.05. The Morgan fingerprint density at radius 1 is 1.00 bits per heavy atom. The lowest BCUT2D eigenvalue weighted by atomic mass is 10.2. The number of hydrogen-bond acceptors (Lipinski definition) is 4. The highest BCUT2D eigenvalue weighted by Gasteiger charge is 2.29. The van der Waals surface area contributed by atoms with Gasteiger partial charge in [0.15, 0.2) is 0 Å². The number of hydrogen-bond donors (Lipinski definition) is 0. The van der Waals surface area contributed by atoms with Crippen LogP contribution in [0, 0.1) is 0 Å². The van der Waals surface area contributed by atoms with E-state index in [2.05, 4.69) is 0 Å². The Labute approximate surface area is 154 Å². The van der Waals surface area contributed by atoms with E-state index in [-0.39, 0.29) is 4.90 Å². The van der Waals surface area contributed by atoms with Gasteiger partial charge in [0, 0.05) is 20.6 Å². The molecular formula is C18H20N2O4S2. The lowest BCUT2D eigenvalue weighted by Crippen LogP contribution is -2.27. The molecule has 0 bridgehead atoms. The molecule has 1 aliphatic rings. The van der Waals surface area contributed by atoms with Gasteiger partial charge in [-0.3, -0.25) is 4.31 Å². The first-order valence-electron chi connectivity index (χ1n) is 8.03. The molecule has 0 radical (unpaired) electrons. The lowest BCUT2D eigenvalue weighted by Gasteiger charge is -2.18. The minimum Gasteiger partial charge on any atom is -0.266 e. The lowest BCUT2D eigenvalue weighted by molar-refractivity contribution is 0.520. The first kappa shape index (κ1) is 18.6. The van der Waals surface area contributed by atoms with Crippen LogP contribution in [0.25, 0.3) is 6.08 Å². The highest BCUT2D eigenvalue weighted by molar-refractivity contribution is 7.95. The van der Waals surface area contributed by atoms with Crippen molar-refractivity contribution in [2.45, 2.75) is 11.3 Å². The zero-order valence-corrected chi connectivity index (χ0v) is 16.2. The number of sulfonamides is 2. The highest BCUT2D eigenvalue weighted by Crippen LogP contribution is 2.33. The van der Waals surface area contributed by atoms with Crippen LogP contribution in [-0.2, 0) is 26.5 Å². The van der Waals surface area contributed by atoms with Gasteiger partial charge in [-0.2, -0.15) is 0 Å². The zero-order valence-electron chi connectivity index (χ0n) is 14.5. The van der Waals surface area contributed by atoms with Crippen LogP contribution >= 0.6 is 0 Å². The van der Waals surface area contributed by atoms with E-state index in [0.717, 1.165) is 9.87 Å². The summed E-state index contributed by atoms with van der Waals surface area (Å²) in [6.45, 7) is 0.294.